The van der Waals surface area contributed by atoms with Gasteiger partial charge in [-0.15, -0.1) is 0 Å². The van der Waals surface area contributed by atoms with E-state index >= 15 is 0 Å². The van der Waals surface area contributed by atoms with Gasteiger partial charge >= 0.3 is 5.69 Å². The van der Waals surface area contributed by atoms with Gasteiger partial charge in [0.05, 0.1) is 11.0 Å². The highest BCUT2D eigenvalue weighted by molar-refractivity contribution is 6.28. The highest BCUT2D eigenvalue weighted by Gasteiger charge is 2.20. The number of imidazole rings is 1. The Bertz CT molecular complexity index is 881. The average Bonchev–Trinajstić information content (AvgIpc) is 2.75. The van der Waals surface area contributed by atoms with Crippen LogP contribution >= 0.6 is 11.6 Å². The van der Waals surface area contributed by atoms with E-state index in [1.165, 1.54) is 5.56 Å². The van der Waals surface area contributed by atoms with Gasteiger partial charge in [0.2, 0.25) is 5.28 Å². The molecule has 3 aromatic rings. The van der Waals surface area contributed by atoms with Crippen LogP contribution in [0.25, 0.3) is 16.9 Å². The number of aryl methyl sites for hydroxylation is 2. The predicted molar refractivity (Wildman–Crippen MR) is 76.5 cm³/mol. The van der Waals surface area contributed by atoms with E-state index in [4.69, 9.17) is 11.6 Å². The molecule has 0 fully saturated rings. The van der Waals surface area contributed by atoms with Gasteiger partial charge in [0.1, 0.15) is 5.82 Å². The van der Waals surface area contributed by atoms with Crippen LogP contribution in [0.4, 0.5) is 0 Å². The largest absolute Gasteiger partial charge is 0.334 e. The minimum atomic E-state index is -0.0677. The Morgan fingerprint density at radius 2 is 2.15 bits per heavy atom. The number of para-hydroxylation sites is 1. The molecule has 20 heavy (non-hydrogen) atoms. The molecule has 0 unspecified atom stereocenters. The zero-order chi connectivity index (χ0) is 13.7. The fourth-order valence-electron chi connectivity index (χ4n) is 2.90. The van der Waals surface area contributed by atoms with Crippen molar-refractivity contribution in [2.45, 2.75) is 19.4 Å². The minimum Gasteiger partial charge on any atom is -0.291 e. The zero-order valence-corrected chi connectivity index (χ0v) is 11.3. The van der Waals surface area contributed by atoms with E-state index in [0.717, 1.165) is 30.4 Å². The number of benzene rings is 1. The molecular formula is C14H11ClN4O. The van der Waals surface area contributed by atoms with Gasteiger partial charge in [-0.2, -0.15) is 4.98 Å². The summed E-state index contributed by atoms with van der Waals surface area (Å²) in [6.07, 6.45) is 3.55. The van der Waals surface area contributed by atoms with Crippen LogP contribution in [0, 0.1) is 0 Å². The molecule has 0 radical (unpaired) electrons. The third-order valence-corrected chi connectivity index (χ3v) is 3.88. The highest BCUT2D eigenvalue weighted by atomic mass is 35.5. The molecule has 3 heterocycles. The molecule has 1 aliphatic heterocycles. The Labute approximate surface area is 119 Å². The number of halogens is 1. The summed E-state index contributed by atoms with van der Waals surface area (Å²) in [7, 11) is 0. The molecular weight excluding hydrogens is 276 g/mol. The van der Waals surface area contributed by atoms with Crippen molar-refractivity contribution >= 4 is 22.6 Å². The number of rotatable bonds is 1. The summed E-state index contributed by atoms with van der Waals surface area (Å²) < 4.78 is 3.43. The molecule has 0 aliphatic carbocycles. The lowest BCUT2D eigenvalue weighted by atomic mass is 10.0. The fourth-order valence-corrected chi connectivity index (χ4v) is 3.04. The average molecular weight is 287 g/mol. The van der Waals surface area contributed by atoms with Crippen LogP contribution in [0.3, 0.4) is 0 Å². The molecule has 1 aromatic carbocycles. The lowest BCUT2D eigenvalue weighted by Crippen LogP contribution is -2.25. The Kier molecular flexibility index (Phi) is 2.44. The van der Waals surface area contributed by atoms with Crippen LogP contribution < -0.4 is 5.69 Å². The Morgan fingerprint density at radius 1 is 1.25 bits per heavy atom. The van der Waals surface area contributed by atoms with Gasteiger partial charge in [-0.1, -0.05) is 12.1 Å². The second kappa shape index (κ2) is 4.18. The van der Waals surface area contributed by atoms with E-state index < -0.39 is 0 Å². The fraction of sp³-hybridized carbons (Fsp3) is 0.214. The number of nitrogens with zero attached hydrogens (tertiary/aromatic N) is 4. The highest BCUT2D eigenvalue weighted by Crippen LogP contribution is 2.25. The molecule has 2 aromatic heterocycles. The first-order chi connectivity index (χ1) is 9.75. The van der Waals surface area contributed by atoms with Crippen LogP contribution in [-0.2, 0) is 13.0 Å². The Hall–Kier alpha value is -2.14. The smallest absolute Gasteiger partial charge is 0.291 e. The first-order valence-electron chi connectivity index (χ1n) is 6.48. The molecule has 4 rings (SSSR count). The van der Waals surface area contributed by atoms with Crippen LogP contribution in [0.5, 0.6) is 0 Å². The van der Waals surface area contributed by atoms with Crippen molar-refractivity contribution in [3.63, 3.8) is 0 Å². The maximum atomic E-state index is 12.6. The first-order valence-corrected chi connectivity index (χ1v) is 6.85. The van der Waals surface area contributed by atoms with E-state index in [1.807, 2.05) is 16.7 Å². The normalized spacial score (nSPS) is 13.8. The van der Waals surface area contributed by atoms with E-state index in [1.54, 1.807) is 16.8 Å². The van der Waals surface area contributed by atoms with Crippen LogP contribution in [-0.4, -0.2) is 19.1 Å². The third kappa shape index (κ3) is 1.53. The summed E-state index contributed by atoms with van der Waals surface area (Å²) >= 11 is 5.84. The van der Waals surface area contributed by atoms with Crippen LogP contribution in [0.1, 0.15) is 12.0 Å². The maximum Gasteiger partial charge on any atom is 0.334 e. The molecule has 0 amide bonds. The Balaban J connectivity index is 2.14. The molecule has 0 atom stereocenters. The summed E-state index contributed by atoms with van der Waals surface area (Å²) in [4.78, 5) is 20.7. The molecule has 0 saturated heterocycles. The monoisotopic (exact) mass is 286 g/mol. The van der Waals surface area contributed by atoms with Gasteiger partial charge in [-0.05, 0) is 36.1 Å². The van der Waals surface area contributed by atoms with Crippen molar-refractivity contribution < 1.29 is 0 Å². The van der Waals surface area contributed by atoms with Gasteiger partial charge in [0, 0.05) is 18.8 Å². The van der Waals surface area contributed by atoms with E-state index in [9.17, 15) is 4.79 Å². The second-order valence-electron chi connectivity index (χ2n) is 4.84. The van der Waals surface area contributed by atoms with Gasteiger partial charge in [0.15, 0.2) is 0 Å². The SMILES string of the molecule is O=c1n2c3c(cccc3n1-c1ccnc(Cl)n1)CCC2. The van der Waals surface area contributed by atoms with Crippen LogP contribution in [0.15, 0.2) is 35.3 Å². The standard InChI is InChI=1S/C14H11ClN4O/c15-13-16-7-6-11(17-13)19-10-5-1-3-9-4-2-8-18(12(9)10)14(19)20/h1,3,5-7H,2,4,8H2. The van der Waals surface area contributed by atoms with E-state index in [-0.39, 0.29) is 11.0 Å². The van der Waals surface area contributed by atoms with Crippen molar-refractivity contribution in [2.75, 3.05) is 0 Å². The number of hydrogen-bond acceptors (Lipinski definition) is 3. The third-order valence-electron chi connectivity index (χ3n) is 3.70. The summed E-state index contributed by atoms with van der Waals surface area (Å²) in [5.74, 6) is 0.512. The predicted octanol–water partition coefficient (Wildman–Crippen LogP) is 2.18. The quantitative estimate of drug-likeness (QED) is 0.644. The van der Waals surface area contributed by atoms with Gasteiger partial charge < -0.3 is 0 Å². The zero-order valence-electron chi connectivity index (χ0n) is 10.6. The molecule has 100 valence electrons. The summed E-state index contributed by atoms with van der Waals surface area (Å²) in [6, 6.07) is 7.69. The van der Waals surface area contributed by atoms with Crippen molar-refractivity contribution in [3.05, 3.63) is 51.8 Å². The molecule has 0 saturated carbocycles. The maximum absolute atomic E-state index is 12.6. The first kappa shape index (κ1) is 11.7. The van der Waals surface area contributed by atoms with Crippen LogP contribution in [0.2, 0.25) is 5.28 Å². The summed E-state index contributed by atoms with van der Waals surface area (Å²) in [5.41, 5.74) is 3.03. The number of aromatic nitrogens is 4. The lowest BCUT2D eigenvalue weighted by molar-refractivity contribution is 0.608. The Morgan fingerprint density at radius 3 is 3.00 bits per heavy atom. The van der Waals surface area contributed by atoms with Gasteiger partial charge in [-0.3, -0.25) is 4.57 Å². The van der Waals surface area contributed by atoms with Crippen molar-refractivity contribution in [3.8, 4) is 5.82 Å². The molecule has 0 spiro atoms. The van der Waals surface area contributed by atoms with Gasteiger partial charge in [0.25, 0.3) is 0 Å². The molecule has 0 N–H and O–H groups in total. The summed E-state index contributed by atoms with van der Waals surface area (Å²) in [5, 5.41) is 0.140. The topological polar surface area (TPSA) is 52.7 Å². The van der Waals surface area contributed by atoms with Crippen molar-refractivity contribution in [2.24, 2.45) is 0 Å². The summed E-state index contributed by atoms with van der Waals surface area (Å²) in [6.45, 7) is 0.748. The molecule has 5 nitrogen and oxygen atoms in total. The van der Waals surface area contributed by atoms with Crippen molar-refractivity contribution in [1.82, 2.24) is 19.1 Å². The van der Waals surface area contributed by atoms with E-state index in [0.29, 0.717) is 5.82 Å². The van der Waals surface area contributed by atoms with Gasteiger partial charge in [-0.25, -0.2) is 14.3 Å². The second-order valence-corrected chi connectivity index (χ2v) is 5.18. The molecule has 1 aliphatic rings. The lowest BCUT2D eigenvalue weighted by Gasteiger charge is -2.12. The number of hydrogen-bond donors (Lipinski definition) is 0. The molecule has 6 heteroatoms. The van der Waals surface area contributed by atoms with Crippen molar-refractivity contribution in [1.29, 1.82) is 0 Å². The molecule has 0 bridgehead atoms. The van der Waals surface area contributed by atoms with E-state index in [2.05, 4.69) is 16.0 Å². The minimum absolute atomic E-state index is 0.0677.